The van der Waals surface area contributed by atoms with Crippen molar-refractivity contribution in [2.45, 2.75) is 26.9 Å². The fourth-order valence-electron chi connectivity index (χ4n) is 3.39. The van der Waals surface area contributed by atoms with Gasteiger partial charge in [-0.2, -0.15) is 0 Å². The summed E-state index contributed by atoms with van der Waals surface area (Å²) in [5.74, 6) is -0.205. The minimum atomic E-state index is -0.641. The summed E-state index contributed by atoms with van der Waals surface area (Å²) in [6.45, 7) is 3.77. The number of para-hydroxylation sites is 2. The van der Waals surface area contributed by atoms with E-state index < -0.39 is 22.7 Å². The van der Waals surface area contributed by atoms with Crippen molar-refractivity contribution in [1.29, 1.82) is 0 Å². The highest BCUT2D eigenvalue weighted by molar-refractivity contribution is 6.12. The highest BCUT2D eigenvalue weighted by Gasteiger charge is 2.22. The molecule has 0 fully saturated rings. The Labute approximate surface area is 165 Å². The number of aryl methyl sites for hydroxylation is 2. The molecule has 0 aliphatic rings. The van der Waals surface area contributed by atoms with Crippen molar-refractivity contribution in [1.82, 2.24) is 13.7 Å². The first-order valence-corrected chi connectivity index (χ1v) is 9.17. The molecule has 1 amide bonds. The third kappa shape index (κ3) is 3.24. The largest absolute Gasteiger partial charge is 0.495 e. The summed E-state index contributed by atoms with van der Waals surface area (Å²) >= 11 is 0. The molecule has 0 aliphatic carbocycles. The molecule has 3 aromatic rings. The lowest BCUT2D eigenvalue weighted by molar-refractivity contribution is 0.102. The van der Waals surface area contributed by atoms with E-state index in [1.54, 1.807) is 38.1 Å². The molecule has 0 aliphatic heterocycles. The fraction of sp³-hybridized carbons (Fsp3) is 0.300. The number of amides is 1. The zero-order chi connectivity index (χ0) is 21.3. The van der Waals surface area contributed by atoms with Gasteiger partial charge in [0.15, 0.2) is 0 Å². The maximum absolute atomic E-state index is 13.0. The van der Waals surface area contributed by atoms with Crippen LogP contribution in [-0.4, -0.2) is 26.7 Å². The first kappa shape index (κ1) is 20.1. The van der Waals surface area contributed by atoms with Crippen LogP contribution in [0, 0.1) is 0 Å². The topological polar surface area (TPSA) is 104 Å². The van der Waals surface area contributed by atoms with Gasteiger partial charge in [-0.05, 0) is 26.0 Å². The van der Waals surface area contributed by atoms with Crippen molar-refractivity contribution >= 4 is 22.6 Å². The second-order valence-corrected chi connectivity index (χ2v) is 6.38. The number of nitrogens with one attached hydrogen (secondary N) is 1. The van der Waals surface area contributed by atoms with Gasteiger partial charge in [-0.3, -0.25) is 28.1 Å². The SMILES string of the molecule is CCn1c(=O)c2c(C(=O)Nc3ccccc3OC)cc(=O)n(CC)c2n(C)c1=O. The van der Waals surface area contributed by atoms with Crippen LogP contribution in [0.3, 0.4) is 0 Å². The molecule has 1 N–H and O–H groups in total. The first-order chi connectivity index (χ1) is 13.8. The molecule has 0 spiro atoms. The van der Waals surface area contributed by atoms with Crippen LogP contribution < -0.4 is 26.9 Å². The van der Waals surface area contributed by atoms with E-state index in [-0.39, 0.29) is 29.7 Å². The number of rotatable bonds is 5. The highest BCUT2D eigenvalue weighted by atomic mass is 16.5. The summed E-state index contributed by atoms with van der Waals surface area (Å²) in [5, 5.41) is 2.70. The zero-order valence-electron chi connectivity index (χ0n) is 16.7. The Bertz CT molecular complexity index is 1280. The van der Waals surface area contributed by atoms with Crippen LogP contribution in [0.1, 0.15) is 24.2 Å². The summed E-state index contributed by atoms with van der Waals surface area (Å²) in [6, 6.07) is 7.92. The quantitative estimate of drug-likeness (QED) is 0.695. The van der Waals surface area contributed by atoms with Crippen LogP contribution in [0.2, 0.25) is 0 Å². The van der Waals surface area contributed by atoms with Gasteiger partial charge < -0.3 is 10.1 Å². The van der Waals surface area contributed by atoms with Crippen LogP contribution in [-0.2, 0) is 20.1 Å². The number of anilines is 1. The maximum Gasteiger partial charge on any atom is 0.332 e. The number of nitrogens with zero attached hydrogens (tertiary/aromatic N) is 3. The number of hydrogen-bond donors (Lipinski definition) is 1. The van der Waals surface area contributed by atoms with Crippen LogP contribution in [0.5, 0.6) is 5.75 Å². The number of ether oxygens (including phenoxy) is 1. The number of benzene rings is 1. The number of carbonyl (C=O) groups is 1. The normalized spacial score (nSPS) is 10.9. The number of fused-ring (bicyclic) bond motifs is 1. The number of carbonyl (C=O) groups excluding carboxylic acids is 1. The molecule has 0 saturated heterocycles. The van der Waals surface area contributed by atoms with E-state index in [1.165, 1.54) is 23.3 Å². The number of pyridine rings is 1. The molecule has 2 heterocycles. The van der Waals surface area contributed by atoms with Gasteiger partial charge in [0.2, 0.25) is 0 Å². The number of hydrogen-bond acceptors (Lipinski definition) is 5. The van der Waals surface area contributed by atoms with Gasteiger partial charge in [-0.25, -0.2) is 4.79 Å². The molecule has 29 heavy (non-hydrogen) atoms. The van der Waals surface area contributed by atoms with Gasteiger partial charge in [0.1, 0.15) is 11.4 Å². The Morgan fingerprint density at radius 1 is 1.07 bits per heavy atom. The Morgan fingerprint density at radius 3 is 2.34 bits per heavy atom. The Kier molecular flexibility index (Phi) is 5.40. The molecule has 0 radical (unpaired) electrons. The van der Waals surface area contributed by atoms with E-state index in [4.69, 9.17) is 4.74 Å². The van der Waals surface area contributed by atoms with E-state index in [0.29, 0.717) is 11.4 Å². The summed E-state index contributed by atoms with van der Waals surface area (Å²) in [4.78, 5) is 51.3. The minimum Gasteiger partial charge on any atom is -0.495 e. The Hall–Kier alpha value is -3.62. The highest BCUT2D eigenvalue weighted by Crippen LogP contribution is 2.24. The predicted molar refractivity (Wildman–Crippen MR) is 110 cm³/mol. The van der Waals surface area contributed by atoms with Gasteiger partial charge >= 0.3 is 5.69 Å². The maximum atomic E-state index is 13.0. The second-order valence-electron chi connectivity index (χ2n) is 6.38. The summed E-state index contributed by atoms with van der Waals surface area (Å²) in [6.07, 6.45) is 0. The van der Waals surface area contributed by atoms with Crippen molar-refractivity contribution in [3.8, 4) is 5.75 Å². The lowest BCUT2D eigenvalue weighted by Crippen LogP contribution is -2.42. The van der Waals surface area contributed by atoms with E-state index in [0.717, 1.165) is 10.6 Å². The lowest BCUT2D eigenvalue weighted by Gasteiger charge is -2.16. The predicted octanol–water partition coefficient (Wildman–Crippen LogP) is 1.16. The van der Waals surface area contributed by atoms with Crippen molar-refractivity contribution in [3.63, 3.8) is 0 Å². The summed E-state index contributed by atoms with van der Waals surface area (Å²) in [5.41, 5.74) is -1.22. The molecule has 152 valence electrons. The standard InChI is InChI=1S/C20H22N4O5/c1-5-23-15(25)11-12(17(26)21-13-9-7-8-10-14(13)29-4)16-18(23)22(3)20(28)24(6-2)19(16)27/h7-11H,5-6H2,1-4H3,(H,21,26). The van der Waals surface area contributed by atoms with Gasteiger partial charge in [0.25, 0.3) is 17.0 Å². The van der Waals surface area contributed by atoms with Gasteiger partial charge in [-0.1, -0.05) is 12.1 Å². The molecule has 0 saturated carbocycles. The van der Waals surface area contributed by atoms with Crippen LogP contribution >= 0.6 is 0 Å². The second kappa shape index (κ2) is 7.78. The monoisotopic (exact) mass is 398 g/mol. The van der Waals surface area contributed by atoms with Crippen LogP contribution in [0.15, 0.2) is 44.7 Å². The molecule has 0 bridgehead atoms. The van der Waals surface area contributed by atoms with E-state index in [1.807, 2.05) is 0 Å². The van der Waals surface area contributed by atoms with Crippen LogP contribution in [0.4, 0.5) is 5.69 Å². The molecule has 2 aromatic heterocycles. The molecular weight excluding hydrogens is 376 g/mol. The van der Waals surface area contributed by atoms with Gasteiger partial charge in [-0.15, -0.1) is 0 Å². The Balaban J connectivity index is 2.35. The Morgan fingerprint density at radius 2 is 1.72 bits per heavy atom. The average molecular weight is 398 g/mol. The van der Waals surface area contributed by atoms with Crippen molar-refractivity contribution in [2.24, 2.45) is 7.05 Å². The summed E-state index contributed by atoms with van der Waals surface area (Å²) in [7, 11) is 2.95. The third-order valence-corrected chi connectivity index (χ3v) is 4.81. The molecule has 3 rings (SSSR count). The van der Waals surface area contributed by atoms with Crippen molar-refractivity contribution in [2.75, 3.05) is 12.4 Å². The zero-order valence-corrected chi connectivity index (χ0v) is 16.7. The molecule has 0 unspecified atom stereocenters. The number of methoxy groups -OCH3 is 1. The van der Waals surface area contributed by atoms with Crippen molar-refractivity contribution < 1.29 is 9.53 Å². The van der Waals surface area contributed by atoms with E-state index in [2.05, 4.69) is 5.32 Å². The van der Waals surface area contributed by atoms with Crippen LogP contribution in [0.25, 0.3) is 11.0 Å². The fourth-order valence-corrected chi connectivity index (χ4v) is 3.39. The molecule has 1 aromatic carbocycles. The smallest absolute Gasteiger partial charge is 0.332 e. The van der Waals surface area contributed by atoms with Crippen molar-refractivity contribution in [3.05, 3.63) is 67.1 Å². The molecule has 9 nitrogen and oxygen atoms in total. The number of aromatic nitrogens is 3. The molecular formula is C20H22N4O5. The third-order valence-electron chi connectivity index (χ3n) is 4.81. The lowest BCUT2D eigenvalue weighted by atomic mass is 10.1. The summed E-state index contributed by atoms with van der Waals surface area (Å²) < 4.78 is 8.80. The molecule has 9 heteroatoms. The van der Waals surface area contributed by atoms with E-state index in [9.17, 15) is 19.2 Å². The van der Waals surface area contributed by atoms with Gasteiger partial charge in [0.05, 0.1) is 23.7 Å². The van der Waals surface area contributed by atoms with E-state index >= 15 is 0 Å². The minimum absolute atomic E-state index is 0.0165. The molecule has 0 atom stereocenters. The average Bonchev–Trinajstić information content (AvgIpc) is 2.72. The first-order valence-electron chi connectivity index (χ1n) is 9.17. The van der Waals surface area contributed by atoms with Gasteiger partial charge in [0, 0.05) is 26.2 Å².